The van der Waals surface area contributed by atoms with Gasteiger partial charge in [0.2, 0.25) is 0 Å². The van der Waals surface area contributed by atoms with Gasteiger partial charge in [-0.3, -0.25) is 0 Å². The molecule has 2 N–H and O–H groups in total. The molecule has 0 saturated heterocycles. The minimum atomic E-state index is -0.732. The Labute approximate surface area is 151 Å². The molecule has 0 bridgehead atoms. The molecule has 0 fully saturated rings. The molecule has 1 aliphatic rings. The highest BCUT2D eigenvalue weighted by atomic mass is 16.5. The SMILES string of the molecule is COC(=O)[C@H](C)NC(=O)N1CCc2[nH]cnc2C1c1ccc(OC)cc1. The van der Waals surface area contributed by atoms with Gasteiger partial charge in [-0.2, -0.15) is 0 Å². The summed E-state index contributed by atoms with van der Waals surface area (Å²) in [6, 6.07) is 6.12. The zero-order valence-corrected chi connectivity index (χ0v) is 15.0. The molecule has 26 heavy (non-hydrogen) atoms. The molecule has 138 valence electrons. The second kappa shape index (κ2) is 7.47. The van der Waals surface area contributed by atoms with E-state index in [1.54, 1.807) is 25.3 Å². The fraction of sp³-hybridized carbons (Fsp3) is 0.389. The van der Waals surface area contributed by atoms with E-state index in [1.807, 2.05) is 24.3 Å². The van der Waals surface area contributed by atoms with Crippen LogP contribution in [-0.4, -0.2) is 53.7 Å². The third-order valence-electron chi connectivity index (χ3n) is 4.51. The van der Waals surface area contributed by atoms with Crippen molar-refractivity contribution in [2.45, 2.75) is 25.4 Å². The Bertz CT molecular complexity index is 787. The first kappa shape index (κ1) is 17.8. The number of rotatable bonds is 4. The van der Waals surface area contributed by atoms with E-state index in [9.17, 15) is 9.59 Å². The van der Waals surface area contributed by atoms with Crippen LogP contribution >= 0.6 is 0 Å². The van der Waals surface area contributed by atoms with Gasteiger partial charge >= 0.3 is 12.0 Å². The second-order valence-electron chi connectivity index (χ2n) is 6.08. The third kappa shape index (κ3) is 3.35. The van der Waals surface area contributed by atoms with Crippen molar-refractivity contribution in [2.24, 2.45) is 0 Å². The largest absolute Gasteiger partial charge is 0.497 e. The maximum absolute atomic E-state index is 12.8. The molecule has 3 rings (SSSR count). The Morgan fingerprint density at radius 1 is 1.31 bits per heavy atom. The summed E-state index contributed by atoms with van der Waals surface area (Å²) in [6.07, 6.45) is 2.31. The third-order valence-corrected chi connectivity index (χ3v) is 4.51. The van der Waals surface area contributed by atoms with Crippen LogP contribution in [0.15, 0.2) is 30.6 Å². The number of amides is 2. The van der Waals surface area contributed by atoms with Crippen molar-refractivity contribution < 1.29 is 19.1 Å². The van der Waals surface area contributed by atoms with E-state index in [0.29, 0.717) is 13.0 Å². The highest BCUT2D eigenvalue weighted by Crippen LogP contribution is 2.34. The lowest BCUT2D eigenvalue weighted by molar-refractivity contribution is -0.142. The molecule has 2 heterocycles. The quantitative estimate of drug-likeness (QED) is 0.810. The molecule has 1 aliphatic heterocycles. The van der Waals surface area contributed by atoms with E-state index in [1.165, 1.54) is 7.11 Å². The number of carbonyl (C=O) groups excluding carboxylic acids is 2. The molecular weight excluding hydrogens is 336 g/mol. The zero-order chi connectivity index (χ0) is 18.7. The molecule has 0 radical (unpaired) electrons. The molecule has 0 spiro atoms. The Kier molecular flexibility index (Phi) is 5.11. The average molecular weight is 358 g/mol. The summed E-state index contributed by atoms with van der Waals surface area (Å²) in [4.78, 5) is 33.7. The van der Waals surface area contributed by atoms with Crippen LogP contribution in [0.4, 0.5) is 4.79 Å². The number of carbonyl (C=O) groups is 2. The molecule has 0 saturated carbocycles. The second-order valence-corrected chi connectivity index (χ2v) is 6.08. The lowest BCUT2D eigenvalue weighted by Crippen LogP contribution is -2.50. The molecule has 2 atom stereocenters. The van der Waals surface area contributed by atoms with Crippen molar-refractivity contribution in [3.8, 4) is 5.75 Å². The predicted octanol–water partition coefficient (Wildman–Crippen LogP) is 1.64. The van der Waals surface area contributed by atoms with Gasteiger partial charge in [0, 0.05) is 18.7 Å². The number of imidazole rings is 1. The van der Waals surface area contributed by atoms with Crippen molar-refractivity contribution >= 4 is 12.0 Å². The van der Waals surface area contributed by atoms with E-state index in [0.717, 1.165) is 22.7 Å². The van der Waals surface area contributed by atoms with E-state index >= 15 is 0 Å². The summed E-state index contributed by atoms with van der Waals surface area (Å²) in [5.41, 5.74) is 2.73. The minimum Gasteiger partial charge on any atom is -0.497 e. The number of aromatic amines is 1. The fourth-order valence-corrected chi connectivity index (χ4v) is 3.12. The molecule has 8 heteroatoms. The van der Waals surface area contributed by atoms with Gasteiger partial charge in [0.15, 0.2) is 0 Å². The summed E-state index contributed by atoms with van der Waals surface area (Å²) in [5.74, 6) is 0.249. The van der Waals surface area contributed by atoms with Crippen LogP contribution < -0.4 is 10.1 Å². The van der Waals surface area contributed by atoms with Crippen molar-refractivity contribution in [1.82, 2.24) is 20.2 Å². The van der Waals surface area contributed by atoms with Crippen LogP contribution in [0.3, 0.4) is 0 Å². The number of H-pyrrole nitrogens is 1. The molecule has 1 aromatic carbocycles. The average Bonchev–Trinajstić information content (AvgIpc) is 3.15. The molecule has 8 nitrogen and oxygen atoms in total. The number of methoxy groups -OCH3 is 2. The summed E-state index contributed by atoms with van der Waals surface area (Å²) in [5, 5.41) is 2.70. The lowest BCUT2D eigenvalue weighted by Gasteiger charge is -2.35. The number of urea groups is 1. The van der Waals surface area contributed by atoms with Crippen molar-refractivity contribution in [1.29, 1.82) is 0 Å². The molecular formula is C18H22N4O4. The van der Waals surface area contributed by atoms with E-state index in [4.69, 9.17) is 4.74 Å². The maximum Gasteiger partial charge on any atom is 0.328 e. The highest BCUT2D eigenvalue weighted by Gasteiger charge is 2.35. The molecule has 2 amide bonds. The van der Waals surface area contributed by atoms with E-state index in [2.05, 4.69) is 20.0 Å². The number of nitrogens with one attached hydrogen (secondary N) is 2. The first-order valence-corrected chi connectivity index (χ1v) is 8.36. The Balaban J connectivity index is 1.90. The van der Waals surface area contributed by atoms with E-state index < -0.39 is 12.0 Å². The van der Waals surface area contributed by atoms with Gasteiger partial charge in [0.05, 0.1) is 26.2 Å². The van der Waals surface area contributed by atoms with Gasteiger partial charge < -0.3 is 24.7 Å². The topological polar surface area (TPSA) is 96.6 Å². The molecule has 2 aromatic rings. The molecule has 1 unspecified atom stereocenters. The number of aromatic nitrogens is 2. The van der Waals surface area contributed by atoms with Gasteiger partial charge in [-0.25, -0.2) is 14.6 Å². The lowest BCUT2D eigenvalue weighted by atomic mass is 9.96. The molecule has 0 aliphatic carbocycles. The van der Waals surface area contributed by atoms with Crippen LogP contribution in [0.25, 0.3) is 0 Å². The summed E-state index contributed by atoms with van der Waals surface area (Å²) in [6.45, 7) is 2.10. The highest BCUT2D eigenvalue weighted by molar-refractivity contribution is 5.83. The number of fused-ring (bicyclic) bond motifs is 1. The summed E-state index contributed by atoms with van der Waals surface area (Å²) >= 11 is 0. The van der Waals surface area contributed by atoms with Crippen LogP contribution in [0, 0.1) is 0 Å². The van der Waals surface area contributed by atoms with Crippen molar-refractivity contribution in [3.63, 3.8) is 0 Å². The van der Waals surface area contributed by atoms with Crippen LogP contribution in [0.2, 0.25) is 0 Å². The van der Waals surface area contributed by atoms with Gasteiger partial charge in [0.25, 0.3) is 0 Å². The number of esters is 1. The van der Waals surface area contributed by atoms with Crippen LogP contribution in [0.1, 0.15) is 29.9 Å². The normalized spacial score (nSPS) is 17.2. The Hall–Kier alpha value is -3.03. The van der Waals surface area contributed by atoms with Crippen molar-refractivity contribution in [2.75, 3.05) is 20.8 Å². The number of ether oxygens (including phenoxy) is 2. The Morgan fingerprint density at radius 2 is 2.04 bits per heavy atom. The predicted molar refractivity (Wildman–Crippen MR) is 93.8 cm³/mol. The smallest absolute Gasteiger partial charge is 0.328 e. The molecule has 1 aromatic heterocycles. The first-order valence-electron chi connectivity index (χ1n) is 8.36. The Morgan fingerprint density at radius 3 is 2.69 bits per heavy atom. The first-order chi connectivity index (χ1) is 12.5. The fourth-order valence-electron chi connectivity index (χ4n) is 3.12. The number of nitrogens with zero attached hydrogens (tertiary/aromatic N) is 2. The van der Waals surface area contributed by atoms with Gasteiger partial charge in [-0.1, -0.05) is 12.1 Å². The monoisotopic (exact) mass is 358 g/mol. The van der Waals surface area contributed by atoms with E-state index in [-0.39, 0.29) is 12.1 Å². The van der Waals surface area contributed by atoms with Crippen molar-refractivity contribution in [3.05, 3.63) is 47.5 Å². The van der Waals surface area contributed by atoms with Gasteiger partial charge in [-0.05, 0) is 24.6 Å². The van der Waals surface area contributed by atoms with Gasteiger partial charge in [0.1, 0.15) is 17.8 Å². The number of hydrogen-bond donors (Lipinski definition) is 2. The van der Waals surface area contributed by atoms with Crippen LogP contribution in [-0.2, 0) is 16.0 Å². The summed E-state index contributed by atoms with van der Waals surface area (Å²) < 4.78 is 9.89. The van der Waals surface area contributed by atoms with Gasteiger partial charge in [-0.15, -0.1) is 0 Å². The zero-order valence-electron chi connectivity index (χ0n) is 15.0. The standard InChI is InChI=1S/C18H22N4O4/c1-11(17(23)26-3)21-18(24)22-9-8-14-15(20-10-19-14)16(22)12-4-6-13(25-2)7-5-12/h4-7,10-11,16H,8-9H2,1-3H3,(H,19,20)(H,21,24)/t11-,16?/m0/s1. The summed E-state index contributed by atoms with van der Waals surface area (Å²) in [7, 11) is 2.90. The minimum absolute atomic E-state index is 0.336. The van der Waals surface area contributed by atoms with Crippen LogP contribution in [0.5, 0.6) is 5.75 Å². The number of benzene rings is 1. The maximum atomic E-state index is 12.8. The number of hydrogen-bond acceptors (Lipinski definition) is 5.